The molecule has 0 atom stereocenters. The topological polar surface area (TPSA) is 30.0 Å². The Morgan fingerprint density at radius 2 is 1.59 bits per heavy atom. The molecule has 0 aliphatic rings. The van der Waals surface area contributed by atoms with Gasteiger partial charge in [0.25, 0.3) is 0 Å². The van der Waals surface area contributed by atoms with Crippen molar-refractivity contribution in [2.24, 2.45) is 0 Å². The average Bonchev–Trinajstić information content (AvgIpc) is 2.61. The third kappa shape index (κ3) is 3.62. The smallest absolute Gasteiger partial charge is 0.211 e. The van der Waals surface area contributed by atoms with Crippen LogP contribution >= 0.6 is 11.8 Å². The third-order valence-corrected chi connectivity index (χ3v) is 4.35. The Hall–Kier alpha value is -2.39. The molecule has 0 saturated heterocycles. The van der Waals surface area contributed by atoms with Gasteiger partial charge >= 0.3 is 0 Å². The van der Waals surface area contributed by atoms with E-state index in [0.29, 0.717) is 11.3 Å². The first-order chi connectivity index (χ1) is 10.8. The van der Waals surface area contributed by atoms with Gasteiger partial charge in [0.2, 0.25) is 5.78 Å². The van der Waals surface area contributed by atoms with Crippen molar-refractivity contribution in [3.8, 4) is 0 Å². The molecule has 108 valence electrons. The van der Waals surface area contributed by atoms with Gasteiger partial charge in [-0.25, -0.2) is 0 Å². The number of hydrogen-bond acceptors (Lipinski definition) is 3. The molecule has 0 radical (unpaired) electrons. The highest BCUT2D eigenvalue weighted by Crippen LogP contribution is 2.23. The van der Waals surface area contributed by atoms with Crippen LogP contribution in [0.15, 0.2) is 83.9 Å². The van der Waals surface area contributed by atoms with E-state index >= 15 is 0 Å². The fourth-order valence-electron chi connectivity index (χ4n) is 2.09. The Bertz CT molecular complexity index is 739. The summed E-state index contributed by atoms with van der Waals surface area (Å²) in [5.41, 5.74) is 2.44. The normalized spacial score (nSPS) is 10.4. The second kappa shape index (κ2) is 7.05. The van der Waals surface area contributed by atoms with Crippen molar-refractivity contribution in [2.75, 3.05) is 0 Å². The molecule has 0 fully saturated rings. The van der Waals surface area contributed by atoms with Gasteiger partial charge in [0, 0.05) is 22.4 Å². The van der Waals surface area contributed by atoms with Gasteiger partial charge in [0.15, 0.2) is 0 Å². The van der Waals surface area contributed by atoms with Crippen LogP contribution in [0.3, 0.4) is 0 Å². The van der Waals surface area contributed by atoms with Crippen LogP contribution < -0.4 is 0 Å². The van der Waals surface area contributed by atoms with E-state index in [-0.39, 0.29) is 5.78 Å². The summed E-state index contributed by atoms with van der Waals surface area (Å²) in [5, 5.41) is 0. The molecule has 0 saturated carbocycles. The number of aromatic nitrogens is 1. The van der Waals surface area contributed by atoms with Crippen LogP contribution in [0.2, 0.25) is 0 Å². The molecule has 22 heavy (non-hydrogen) atoms. The van der Waals surface area contributed by atoms with Crippen molar-refractivity contribution in [1.29, 1.82) is 0 Å². The first-order valence-electron chi connectivity index (χ1n) is 7.05. The molecule has 3 heteroatoms. The van der Waals surface area contributed by atoms with E-state index in [9.17, 15) is 4.79 Å². The summed E-state index contributed by atoms with van der Waals surface area (Å²) >= 11 is 1.76. The van der Waals surface area contributed by atoms with Crippen LogP contribution in [0.25, 0.3) is 0 Å². The lowest BCUT2D eigenvalue weighted by molar-refractivity contribution is 0.103. The number of carbonyl (C=O) groups is 1. The van der Waals surface area contributed by atoms with Crippen molar-refractivity contribution in [3.05, 3.63) is 95.8 Å². The Balaban J connectivity index is 1.67. The third-order valence-electron chi connectivity index (χ3n) is 3.26. The van der Waals surface area contributed by atoms with Crippen molar-refractivity contribution < 1.29 is 4.79 Å². The van der Waals surface area contributed by atoms with Gasteiger partial charge < -0.3 is 0 Å². The van der Waals surface area contributed by atoms with Gasteiger partial charge in [-0.15, -0.1) is 11.8 Å². The molecule has 1 aromatic heterocycles. The summed E-state index contributed by atoms with van der Waals surface area (Å²) in [6, 6.07) is 23.4. The molecular formula is C19H15NOS. The highest BCUT2D eigenvalue weighted by Gasteiger charge is 2.09. The zero-order valence-electron chi connectivity index (χ0n) is 12.0. The number of thioether (sulfide) groups is 1. The van der Waals surface area contributed by atoms with Crippen LogP contribution in [0.4, 0.5) is 0 Å². The minimum absolute atomic E-state index is 0.0415. The minimum atomic E-state index is -0.0415. The molecule has 0 aliphatic carbocycles. The van der Waals surface area contributed by atoms with Gasteiger partial charge in [-0.05, 0) is 42.0 Å². The lowest BCUT2D eigenvalue weighted by Gasteiger charge is -2.04. The number of nitrogens with zero attached hydrogens (tertiary/aromatic N) is 1. The van der Waals surface area contributed by atoms with Crippen molar-refractivity contribution in [2.45, 2.75) is 10.6 Å². The van der Waals surface area contributed by atoms with E-state index in [0.717, 1.165) is 10.6 Å². The van der Waals surface area contributed by atoms with E-state index in [1.165, 1.54) is 5.56 Å². The molecule has 2 nitrogen and oxygen atoms in total. The van der Waals surface area contributed by atoms with Crippen LogP contribution in [0.5, 0.6) is 0 Å². The number of rotatable bonds is 5. The maximum atomic E-state index is 12.3. The highest BCUT2D eigenvalue weighted by atomic mass is 32.2. The van der Waals surface area contributed by atoms with Crippen molar-refractivity contribution >= 4 is 17.5 Å². The molecule has 0 bridgehead atoms. The van der Waals surface area contributed by atoms with Crippen LogP contribution in [-0.2, 0) is 5.75 Å². The first-order valence-corrected chi connectivity index (χ1v) is 8.04. The zero-order chi connectivity index (χ0) is 15.2. The lowest BCUT2D eigenvalue weighted by Crippen LogP contribution is -2.03. The number of carbonyl (C=O) groups excluding carboxylic acids is 1. The molecular weight excluding hydrogens is 290 g/mol. The van der Waals surface area contributed by atoms with E-state index in [2.05, 4.69) is 17.1 Å². The maximum absolute atomic E-state index is 12.3. The van der Waals surface area contributed by atoms with Gasteiger partial charge in [-0.1, -0.05) is 36.4 Å². The summed E-state index contributed by atoms with van der Waals surface area (Å²) in [6.07, 6.45) is 1.64. The molecule has 1 heterocycles. The molecule has 0 amide bonds. The van der Waals surface area contributed by atoms with Crippen molar-refractivity contribution in [3.63, 3.8) is 0 Å². The standard InChI is InChI=1S/C19H15NOS/c21-19(18-8-4-5-13-20-18)16-9-11-17(12-10-16)22-14-15-6-2-1-3-7-15/h1-13H,14H2. The van der Waals surface area contributed by atoms with Crippen LogP contribution in [-0.4, -0.2) is 10.8 Å². The molecule has 0 N–H and O–H groups in total. The molecule has 0 aliphatic heterocycles. The van der Waals surface area contributed by atoms with E-state index < -0.39 is 0 Å². The summed E-state index contributed by atoms with van der Waals surface area (Å²) in [5.74, 6) is 0.884. The molecule has 2 aromatic carbocycles. The Morgan fingerprint density at radius 1 is 0.864 bits per heavy atom. The summed E-state index contributed by atoms with van der Waals surface area (Å²) in [6.45, 7) is 0. The number of hydrogen-bond donors (Lipinski definition) is 0. The number of pyridine rings is 1. The SMILES string of the molecule is O=C(c1ccc(SCc2ccccc2)cc1)c1ccccn1. The van der Waals surface area contributed by atoms with Crippen LogP contribution in [0, 0.1) is 0 Å². The molecule has 3 rings (SSSR count). The quantitative estimate of drug-likeness (QED) is 0.509. The van der Waals surface area contributed by atoms with E-state index in [4.69, 9.17) is 0 Å². The predicted molar refractivity (Wildman–Crippen MR) is 90.1 cm³/mol. The fraction of sp³-hybridized carbons (Fsp3) is 0.0526. The zero-order valence-corrected chi connectivity index (χ0v) is 12.8. The van der Waals surface area contributed by atoms with Gasteiger partial charge in [-0.3, -0.25) is 9.78 Å². The van der Waals surface area contributed by atoms with E-state index in [1.807, 2.05) is 48.5 Å². The fourth-order valence-corrected chi connectivity index (χ4v) is 2.94. The maximum Gasteiger partial charge on any atom is 0.211 e. The Labute approximate surface area is 134 Å². The Morgan fingerprint density at radius 3 is 2.27 bits per heavy atom. The number of ketones is 1. The minimum Gasteiger partial charge on any atom is -0.287 e. The summed E-state index contributed by atoms with van der Waals surface area (Å²) < 4.78 is 0. The van der Waals surface area contributed by atoms with E-state index in [1.54, 1.807) is 30.1 Å². The van der Waals surface area contributed by atoms with Crippen molar-refractivity contribution in [1.82, 2.24) is 4.98 Å². The van der Waals surface area contributed by atoms with Gasteiger partial charge in [-0.2, -0.15) is 0 Å². The first kappa shape index (κ1) is 14.5. The highest BCUT2D eigenvalue weighted by molar-refractivity contribution is 7.98. The molecule has 3 aromatic rings. The van der Waals surface area contributed by atoms with Crippen LogP contribution in [0.1, 0.15) is 21.6 Å². The largest absolute Gasteiger partial charge is 0.287 e. The Kier molecular flexibility index (Phi) is 4.66. The van der Waals surface area contributed by atoms with Gasteiger partial charge in [0.1, 0.15) is 5.69 Å². The van der Waals surface area contributed by atoms with Gasteiger partial charge in [0.05, 0.1) is 0 Å². The second-order valence-corrected chi connectivity index (χ2v) is 5.89. The average molecular weight is 305 g/mol. The summed E-state index contributed by atoms with van der Waals surface area (Å²) in [7, 11) is 0. The molecule has 0 unspecified atom stereocenters. The predicted octanol–water partition coefficient (Wildman–Crippen LogP) is 4.60. The second-order valence-electron chi connectivity index (χ2n) is 4.84. The summed E-state index contributed by atoms with van der Waals surface area (Å²) in [4.78, 5) is 17.5. The lowest BCUT2D eigenvalue weighted by atomic mass is 10.1. The number of benzene rings is 2. The monoisotopic (exact) mass is 305 g/mol. The molecule has 0 spiro atoms.